The van der Waals surface area contributed by atoms with Crippen LogP contribution in [0, 0.1) is 0 Å². The highest BCUT2D eigenvalue weighted by molar-refractivity contribution is 5.66. The van der Waals surface area contributed by atoms with E-state index in [2.05, 4.69) is 10.3 Å². The molecule has 2 N–H and O–H groups in total. The Labute approximate surface area is 105 Å². The molecule has 6 heteroatoms. The molecule has 1 aromatic carbocycles. The van der Waals surface area contributed by atoms with Crippen LogP contribution in [-0.4, -0.2) is 29.2 Å². The molecule has 0 saturated heterocycles. The van der Waals surface area contributed by atoms with E-state index in [0.29, 0.717) is 18.0 Å². The number of aromatic nitrogens is 3. The largest absolute Gasteiger partial charge is 0.493 e. The van der Waals surface area contributed by atoms with Crippen molar-refractivity contribution in [2.75, 3.05) is 14.2 Å². The number of rotatable bonds is 4. The molecule has 0 aliphatic rings. The van der Waals surface area contributed by atoms with Crippen molar-refractivity contribution in [3.8, 4) is 22.8 Å². The molecule has 0 aliphatic heterocycles. The second-order valence-corrected chi connectivity index (χ2v) is 3.78. The zero-order chi connectivity index (χ0) is 13.1. The quantitative estimate of drug-likeness (QED) is 0.872. The van der Waals surface area contributed by atoms with Crippen LogP contribution in [0.1, 0.15) is 5.69 Å². The van der Waals surface area contributed by atoms with Gasteiger partial charge < -0.3 is 15.2 Å². The summed E-state index contributed by atoms with van der Waals surface area (Å²) in [6.07, 6.45) is 0. The fourth-order valence-electron chi connectivity index (χ4n) is 1.87. The molecule has 0 amide bonds. The highest BCUT2D eigenvalue weighted by Crippen LogP contribution is 2.32. The maximum absolute atomic E-state index is 5.66. The molecule has 0 spiro atoms. The van der Waals surface area contributed by atoms with Gasteiger partial charge in [-0.15, -0.1) is 5.10 Å². The van der Waals surface area contributed by atoms with Crippen LogP contribution in [0.25, 0.3) is 11.3 Å². The fourth-order valence-corrected chi connectivity index (χ4v) is 1.87. The SMILES string of the molecule is COc1ccc(-c2c(CN)nnn2C)cc1OC. The molecule has 0 unspecified atom stereocenters. The molecule has 6 nitrogen and oxygen atoms in total. The standard InChI is InChI=1S/C12H16N4O2/c1-16-12(9(7-13)14-15-16)8-4-5-10(17-2)11(6-8)18-3/h4-6H,7,13H2,1-3H3. The molecule has 0 fully saturated rings. The topological polar surface area (TPSA) is 75.2 Å². The predicted octanol–water partition coefficient (Wildman–Crippen LogP) is 0.958. The Morgan fingerprint density at radius 3 is 2.56 bits per heavy atom. The van der Waals surface area contributed by atoms with E-state index < -0.39 is 0 Å². The lowest BCUT2D eigenvalue weighted by Gasteiger charge is -2.10. The van der Waals surface area contributed by atoms with Crippen molar-refractivity contribution < 1.29 is 9.47 Å². The first-order valence-corrected chi connectivity index (χ1v) is 5.52. The van der Waals surface area contributed by atoms with Crippen molar-refractivity contribution in [3.63, 3.8) is 0 Å². The summed E-state index contributed by atoms with van der Waals surface area (Å²) in [4.78, 5) is 0. The van der Waals surface area contributed by atoms with Crippen LogP contribution in [0.3, 0.4) is 0 Å². The minimum absolute atomic E-state index is 0.345. The number of hydrogen-bond donors (Lipinski definition) is 1. The predicted molar refractivity (Wildman–Crippen MR) is 67.4 cm³/mol. The van der Waals surface area contributed by atoms with Crippen molar-refractivity contribution in [1.82, 2.24) is 15.0 Å². The van der Waals surface area contributed by atoms with E-state index in [4.69, 9.17) is 15.2 Å². The van der Waals surface area contributed by atoms with Crippen molar-refractivity contribution in [2.24, 2.45) is 12.8 Å². The van der Waals surface area contributed by atoms with E-state index in [-0.39, 0.29) is 0 Å². The molecule has 2 rings (SSSR count). The summed E-state index contributed by atoms with van der Waals surface area (Å²) in [7, 11) is 5.04. The highest BCUT2D eigenvalue weighted by Gasteiger charge is 2.14. The highest BCUT2D eigenvalue weighted by atomic mass is 16.5. The molecular formula is C12H16N4O2. The molecule has 0 atom stereocenters. The van der Waals surface area contributed by atoms with Gasteiger partial charge in [0, 0.05) is 19.2 Å². The number of nitrogens with two attached hydrogens (primary N) is 1. The van der Waals surface area contributed by atoms with Crippen molar-refractivity contribution >= 4 is 0 Å². The third-order valence-electron chi connectivity index (χ3n) is 2.75. The lowest BCUT2D eigenvalue weighted by atomic mass is 10.1. The van der Waals surface area contributed by atoms with E-state index in [0.717, 1.165) is 17.0 Å². The minimum atomic E-state index is 0.345. The van der Waals surface area contributed by atoms with Crippen LogP contribution < -0.4 is 15.2 Å². The third kappa shape index (κ3) is 2.02. The molecule has 1 aromatic heterocycles. The Bertz CT molecular complexity index is 551. The maximum atomic E-state index is 5.66. The summed E-state index contributed by atoms with van der Waals surface area (Å²) in [5, 5.41) is 8.00. The van der Waals surface area contributed by atoms with Crippen molar-refractivity contribution in [2.45, 2.75) is 6.54 Å². The molecule has 1 heterocycles. The van der Waals surface area contributed by atoms with Crippen molar-refractivity contribution in [3.05, 3.63) is 23.9 Å². The first kappa shape index (κ1) is 12.4. The summed E-state index contributed by atoms with van der Waals surface area (Å²) in [5.74, 6) is 1.35. The van der Waals surface area contributed by atoms with E-state index in [1.165, 1.54) is 0 Å². The van der Waals surface area contributed by atoms with Gasteiger partial charge in [0.25, 0.3) is 0 Å². The number of ether oxygens (including phenoxy) is 2. The monoisotopic (exact) mass is 248 g/mol. The van der Waals surface area contributed by atoms with Crippen LogP contribution in [-0.2, 0) is 13.6 Å². The van der Waals surface area contributed by atoms with Crippen LogP contribution in [0.15, 0.2) is 18.2 Å². The van der Waals surface area contributed by atoms with Gasteiger partial charge in [-0.2, -0.15) is 0 Å². The average molecular weight is 248 g/mol. The molecule has 0 saturated carbocycles. The zero-order valence-corrected chi connectivity index (χ0v) is 10.7. The summed E-state index contributed by atoms with van der Waals surface area (Å²) >= 11 is 0. The van der Waals surface area contributed by atoms with Gasteiger partial charge in [-0.1, -0.05) is 5.21 Å². The Hall–Kier alpha value is -2.08. The average Bonchev–Trinajstić information content (AvgIpc) is 2.79. The van der Waals surface area contributed by atoms with Crippen LogP contribution in [0.5, 0.6) is 11.5 Å². The number of nitrogens with zero attached hydrogens (tertiary/aromatic N) is 3. The van der Waals surface area contributed by atoms with Gasteiger partial charge in [0.2, 0.25) is 0 Å². The Morgan fingerprint density at radius 1 is 1.22 bits per heavy atom. The van der Waals surface area contributed by atoms with Crippen molar-refractivity contribution in [1.29, 1.82) is 0 Å². The van der Waals surface area contributed by atoms with Gasteiger partial charge in [-0.3, -0.25) is 0 Å². The lowest BCUT2D eigenvalue weighted by Crippen LogP contribution is -2.01. The Kier molecular flexibility index (Phi) is 3.47. The van der Waals surface area contributed by atoms with E-state index >= 15 is 0 Å². The molecular weight excluding hydrogens is 232 g/mol. The molecule has 0 bridgehead atoms. The Balaban J connectivity index is 2.54. The van der Waals surface area contributed by atoms with Gasteiger partial charge in [-0.05, 0) is 18.2 Å². The number of benzene rings is 1. The molecule has 0 radical (unpaired) electrons. The van der Waals surface area contributed by atoms with Gasteiger partial charge in [0.05, 0.1) is 19.9 Å². The van der Waals surface area contributed by atoms with Crippen LogP contribution in [0.2, 0.25) is 0 Å². The molecule has 18 heavy (non-hydrogen) atoms. The normalized spacial score (nSPS) is 10.4. The number of hydrogen-bond acceptors (Lipinski definition) is 5. The number of methoxy groups -OCH3 is 2. The molecule has 96 valence electrons. The zero-order valence-electron chi connectivity index (χ0n) is 10.7. The van der Waals surface area contributed by atoms with Gasteiger partial charge in [0.1, 0.15) is 5.69 Å². The first-order valence-electron chi connectivity index (χ1n) is 5.52. The van der Waals surface area contributed by atoms with Gasteiger partial charge >= 0.3 is 0 Å². The number of aryl methyl sites for hydroxylation is 1. The summed E-state index contributed by atoms with van der Waals surface area (Å²) in [6.45, 7) is 0.345. The Morgan fingerprint density at radius 2 is 1.94 bits per heavy atom. The van der Waals surface area contributed by atoms with Gasteiger partial charge in [-0.25, -0.2) is 4.68 Å². The van der Waals surface area contributed by atoms with E-state index in [9.17, 15) is 0 Å². The van der Waals surface area contributed by atoms with E-state index in [1.807, 2.05) is 25.2 Å². The van der Waals surface area contributed by atoms with Gasteiger partial charge in [0.15, 0.2) is 11.5 Å². The van der Waals surface area contributed by atoms with E-state index in [1.54, 1.807) is 18.9 Å². The lowest BCUT2D eigenvalue weighted by molar-refractivity contribution is 0.355. The fraction of sp³-hybridized carbons (Fsp3) is 0.333. The molecule has 2 aromatic rings. The summed E-state index contributed by atoms with van der Waals surface area (Å²) in [6, 6.07) is 5.66. The molecule has 0 aliphatic carbocycles. The minimum Gasteiger partial charge on any atom is -0.493 e. The third-order valence-corrected chi connectivity index (χ3v) is 2.75. The first-order chi connectivity index (χ1) is 8.71. The second kappa shape index (κ2) is 5.05. The maximum Gasteiger partial charge on any atom is 0.161 e. The smallest absolute Gasteiger partial charge is 0.161 e. The summed E-state index contributed by atoms with van der Waals surface area (Å²) < 4.78 is 12.2. The summed E-state index contributed by atoms with van der Waals surface area (Å²) in [5.41, 5.74) is 8.24. The van der Waals surface area contributed by atoms with Crippen LogP contribution in [0.4, 0.5) is 0 Å². The second-order valence-electron chi connectivity index (χ2n) is 3.78. The van der Waals surface area contributed by atoms with Crippen LogP contribution >= 0.6 is 0 Å².